The maximum atomic E-state index is 4.26. The van der Waals surface area contributed by atoms with Gasteiger partial charge in [-0.3, -0.25) is 4.98 Å². The molecule has 2 atom stereocenters. The van der Waals surface area contributed by atoms with Crippen LogP contribution in [0.3, 0.4) is 0 Å². The quantitative estimate of drug-likeness (QED) is 0.630. The fourth-order valence-corrected chi connectivity index (χ4v) is 2.61. The number of aromatic nitrogens is 1. The van der Waals surface area contributed by atoms with Gasteiger partial charge >= 0.3 is 0 Å². The maximum absolute atomic E-state index is 4.26. The summed E-state index contributed by atoms with van der Waals surface area (Å²) in [7, 11) is 0. The second kappa shape index (κ2) is 3.96. The van der Waals surface area contributed by atoms with Crippen molar-refractivity contribution in [2.45, 2.75) is 52.4 Å². The first-order valence-corrected chi connectivity index (χ1v) is 6.07. The van der Waals surface area contributed by atoms with Gasteiger partial charge in [0.15, 0.2) is 0 Å². The lowest BCUT2D eigenvalue weighted by Gasteiger charge is -2.26. The molecule has 82 valence electrons. The molecule has 1 aliphatic carbocycles. The van der Waals surface area contributed by atoms with E-state index in [1.807, 2.05) is 6.20 Å². The van der Waals surface area contributed by atoms with E-state index in [0.717, 1.165) is 0 Å². The van der Waals surface area contributed by atoms with Gasteiger partial charge in [0, 0.05) is 12.4 Å². The Morgan fingerprint density at radius 2 is 2.33 bits per heavy atom. The van der Waals surface area contributed by atoms with Gasteiger partial charge in [0.25, 0.3) is 0 Å². The lowest BCUT2D eigenvalue weighted by Crippen LogP contribution is -2.17. The number of nitrogens with zero attached hydrogens (tertiary/aromatic N) is 1. The average Bonchev–Trinajstić information content (AvgIpc) is 2.38. The molecule has 15 heavy (non-hydrogen) atoms. The van der Waals surface area contributed by atoms with Crippen molar-refractivity contribution in [1.82, 2.24) is 4.98 Å². The van der Waals surface area contributed by atoms with Crippen LogP contribution in [0, 0.1) is 5.41 Å². The van der Waals surface area contributed by atoms with Crippen molar-refractivity contribution in [2.75, 3.05) is 0 Å². The van der Waals surface area contributed by atoms with E-state index in [4.69, 9.17) is 0 Å². The monoisotopic (exact) mass is 203 g/mol. The van der Waals surface area contributed by atoms with E-state index >= 15 is 0 Å². The smallest absolute Gasteiger partial charge is 0.0305 e. The van der Waals surface area contributed by atoms with Gasteiger partial charge in [0.2, 0.25) is 0 Å². The molecule has 0 bridgehead atoms. The maximum Gasteiger partial charge on any atom is 0.0305 e. The first-order chi connectivity index (χ1) is 7.14. The topological polar surface area (TPSA) is 12.9 Å². The Morgan fingerprint density at radius 3 is 3.07 bits per heavy atom. The molecule has 0 amide bonds. The third kappa shape index (κ3) is 2.06. The first kappa shape index (κ1) is 10.7. The highest BCUT2D eigenvalue weighted by Crippen LogP contribution is 2.40. The van der Waals surface area contributed by atoms with Crippen LogP contribution in [0.5, 0.6) is 0 Å². The Morgan fingerprint density at radius 1 is 1.53 bits per heavy atom. The van der Waals surface area contributed by atoms with Gasteiger partial charge in [-0.25, -0.2) is 0 Å². The number of hydrogen-bond acceptors (Lipinski definition) is 1. The van der Waals surface area contributed by atoms with Crippen LogP contribution in [0.25, 0.3) is 0 Å². The number of hydrogen-bond donors (Lipinski definition) is 0. The molecule has 1 unspecified atom stereocenters. The highest BCUT2D eigenvalue weighted by molar-refractivity contribution is 5.29. The minimum atomic E-state index is 0.501. The van der Waals surface area contributed by atoms with Crippen LogP contribution in [0.2, 0.25) is 0 Å². The predicted octanol–water partition coefficient (Wildman–Crippen LogP) is 3.94. The molecular formula is C14H21N. The van der Waals surface area contributed by atoms with Crippen molar-refractivity contribution in [3.8, 4) is 0 Å². The van der Waals surface area contributed by atoms with E-state index in [-0.39, 0.29) is 0 Å². The SMILES string of the molecule is CC[C@]1(C)CCC(C)c2cnccc2C1. The molecular weight excluding hydrogens is 182 g/mol. The lowest BCUT2D eigenvalue weighted by molar-refractivity contribution is 0.277. The molecule has 0 fully saturated rings. The largest absolute Gasteiger partial charge is 0.264 e. The highest BCUT2D eigenvalue weighted by atomic mass is 14.6. The van der Waals surface area contributed by atoms with Crippen LogP contribution in [-0.4, -0.2) is 4.98 Å². The molecule has 1 aliphatic rings. The second-order valence-corrected chi connectivity index (χ2v) is 5.36. The minimum absolute atomic E-state index is 0.501. The summed E-state index contributed by atoms with van der Waals surface area (Å²) in [5.74, 6) is 0.682. The number of rotatable bonds is 1. The van der Waals surface area contributed by atoms with Gasteiger partial charge < -0.3 is 0 Å². The fourth-order valence-electron chi connectivity index (χ4n) is 2.61. The van der Waals surface area contributed by atoms with Gasteiger partial charge in [-0.15, -0.1) is 0 Å². The van der Waals surface area contributed by atoms with Crippen molar-refractivity contribution in [3.63, 3.8) is 0 Å². The summed E-state index contributed by atoms with van der Waals surface area (Å²) in [5.41, 5.74) is 3.51. The van der Waals surface area contributed by atoms with E-state index in [1.165, 1.54) is 36.8 Å². The summed E-state index contributed by atoms with van der Waals surface area (Å²) in [6.07, 6.45) is 9.17. The summed E-state index contributed by atoms with van der Waals surface area (Å²) >= 11 is 0. The van der Waals surface area contributed by atoms with Crippen LogP contribution in [0.15, 0.2) is 18.5 Å². The zero-order valence-corrected chi connectivity index (χ0v) is 10.1. The minimum Gasteiger partial charge on any atom is -0.264 e. The molecule has 1 aromatic heterocycles. The first-order valence-electron chi connectivity index (χ1n) is 6.07. The van der Waals surface area contributed by atoms with Crippen LogP contribution in [0.1, 0.15) is 57.1 Å². The van der Waals surface area contributed by atoms with Gasteiger partial charge in [0.05, 0.1) is 0 Å². The van der Waals surface area contributed by atoms with Crippen LogP contribution >= 0.6 is 0 Å². The molecule has 1 nitrogen and oxygen atoms in total. The Hall–Kier alpha value is -0.850. The summed E-state index contributed by atoms with van der Waals surface area (Å²) in [6.45, 7) is 7.08. The van der Waals surface area contributed by atoms with Gasteiger partial charge in [-0.05, 0) is 47.8 Å². The van der Waals surface area contributed by atoms with Crippen molar-refractivity contribution in [1.29, 1.82) is 0 Å². The summed E-state index contributed by atoms with van der Waals surface area (Å²) in [4.78, 5) is 4.26. The Bertz CT molecular complexity index is 345. The molecule has 0 saturated carbocycles. The average molecular weight is 203 g/mol. The van der Waals surface area contributed by atoms with Crippen LogP contribution < -0.4 is 0 Å². The third-order valence-corrected chi connectivity index (χ3v) is 4.13. The van der Waals surface area contributed by atoms with E-state index in [1.54, 1.807) is 0 Å². The molecule has 0 radical (unpaired) electrons. The van der Waals surface area contributed by atoms with E-state index in [9.17, 15) is 0 Å². The Kier molecular flexibility index (Phi) is 2.81. The van der Waals surface area contributed by atoms with Gasteiger partial charge in [0.1, 0.15) is 0 Å². The van der Waals surface area contributed by atoms with Gasteiger partial charge in [-0.1, -0.05) is 27.2 Å². The second-order valence-electron chi connectivity index (χ2n) is 5.36. The molecule has 0 aromatic carbocycles. The molecule has 0 N–H and O–H groups in total. The van der Waals surface area contributed by atoms with E-state index < -0.39 is 0 Å². The molecule has 1 heterocycles. The van der Waals surface area contributed by atoms with Crippen molar-refractivity contribution < 1.29 is 0 Å². The highest BCUT2D eigenvalue weighted by Gasteiger charge is 2.28. The molecule has 1 aromatic rings. The van der Waals surface area contributed by atoms with E-state index in [2.05, 4.69) is 38.0 Å². The predicted molar refractivity (Wildman–Crippen MR) is 64.0 cm³/mol. The molecule has 2 rings (SSSR count). The summed E-state index contributed by atoms with van der Waals surface area (Å²) in [5, 5.41) is 0. The Labute approximate surface area is 92.9 Å². The lowest BCUT2D eigenvalue weighted by atomic mass is 9.79. The molecule has 0 aliphatic heterocycles. The summed E-state index contributed by atoms with van der Waals surface area (Å²) in [6, 6.07) is 2.21. The van der Waals surface area contributed by atoms with Crippen molar-refractivity contribution >= 4 is 0 Å². The van der Waals surface area contributed by atoms with E-state index in [0.29, 0.717) is 11.3 Å². The van der Waals surface area contributed by atoms with Crippen molar-refractivity contribution in [2.24, 2.45) is 5.41 Å². The molecule has 0 saturated heterocycles. The standard InChI is InChI=1S/C14H21N/c1-4-14(3)7-5-11(2)13-10-15-8-6-12(13)9-14/h6,8,10-11H,4-5,7,9H2,1-3H3/t11?,14-/m1/s1. The number of pyridine rings is 1. The zero-order valence-electron chi connectivity index (χ0n) is 10.1. The van der Waals surface area contributed by atoms with Gasteiger partial charge in [-0.2, -0.15) is 0 Å². The Balaban J connectivity index is 2.38. The molecule has 0 spiro atoms. The third-order valence-electron chi connectivity index (χ3n) is 4.13. The fraction of sp³-hybridized carbons (Fsp3) is 0.643. The zero-order chi connectivity index (χ0) is 10.9. The van der Waals surface area contributed by atoms with Crippen molar-refractivity contribution in [3.05, 3.63) is 29.6 Å². The van der Waals surface area contributed by atoms with Crippen LogP contribution in [-0.2, 0) is 6.42 Å². The molecule has 1 heteroatoms. The number of fused-ring (bicyclic) bond motifs is 1. The summed E-state index contributed by atoms with van der Waals surface area (Å²) < 4.78 is 0. The normalized spacial score (nSPS) is 30.7. The van der Waals surface area contributed by atoms with Crippen LogP contribution in [0.4, 0.5) is 0 Å².